The van der Waals surface area contributed by atoms with Crippen molar-refractivity contribution in [1.82, 2.24) is 14.7 Å². The molecule has 0 bridgehead atoms. The predicted octanol–water partition coefficient (Wildman–Crippen LogP) is 0.373. The monoisotopic (exact) mass is 254 g/mol. The minimum absolute atomic E-state index is 0.171. The maximum atomic E-state index is 12.3. The lowest BCUT2D eigenvalue weighted by Gasteiger charge is -2.19. The summed E-state index contributed by atoms with van der Waals surface area (Å²) in [6, 6.07) is 0. The minimum atomic E-state index is -0.941. The molecule has 6 nitrogen and oxygen atoms in total. The lowest BCUT2D eigenvalue weighted by Crippen LogP contribution is -2.42. The second-order valence-electron chi connectivity index (χ2n) is 5.14. The molecule has 2 N–H and O–H groups in total. The number of nitrogens with two attached hydrogens (primary N) is 1. The molecule has 6 heteroatoms. The number of likely N-dealkylation sites (N-methyl/N-ethyl adjacent to an activating group) is 1. The quantitative estimate of drug-likeness (QED) is 0.743. The lowest BCUT2D eigenvalue weighted by atomic mass is 9.98. The van der Waals surface area contributed by atoms with E-state index in [1.54, 1.807) is 24.7 Å². The molecule has 1 aromatic heterocycles. The Morgan fingerprint density at radius 3 is 2.61 bits per heavy atom. The first-order valence-electron chi connectivity index (χ1n) is 5.85. The van der Waals surface area contributed by atoms with Crippen molar-refractivity contribution in [3.63, 3.8) is 0 Å². The van der Waals surface area contributed by atoms with E-state index in [2.05, 4.69) is 5.10 Å². The molecule has 0 saturated carbocycles. The second kappa shape index (κ2) is 5.49. The van der Waals surface area contributed by atoms with Gasteiger partial charge < -0.3 is 15.4 Å². The molecular formula is C12H22N4O2. The van der Waals surface area contributed by atoms with E-state index in [1.807, 2.05) is 19.0 Å². The van der Waals surface area contributed by atoms with Gasteiger partial charge in [-0.2, -0.15) is 5.10 Å². The van der Waals surface area contributed by atoms with Crippen molar-refractivity contribution in [2.45, 2.75) is 25.9 Å². The molecular weight excluding hydrogens is 232 g/mol. The molecule has 1 aromatic rings. The van der Waals surface area contributed by atoms with Crippen LogP contribution in [0.25, 0.3) is 0 Å². The van der Waals surface area contributed by atoms with E-state index in [9.17, 15) is 4.79 Å². The van der Waals surface area contributed by atoms with Crippen molar-refractivity contribution in [3.05, 3.63) is 11.9 Å². The van der Waals surface area contributed by atoms with Crippen LogP contribution in [0.5, 0.6) is 5.75 Å². The molecule has 0 aliphatic heterocycles. The summed E-state index contributed by atoms with van der Waals surface area (Å²) >= 11 is 0. The van der Waals surface area contributed by atoms with Crippen LogP contribution in [0.4, 0.5) is 0 Å². The molecule has 0 unspecified atom stereocenters. The summed E-state index contributed by atoms with van der Waals surface area (Å²) in [5.74, 6) is 0.299. The third kappa shape index (κ3) is 3.30. The van der Waals surface area contributed by atoms with Crippen molar-refractivity contribution in [2.75, 3.05) is 27.7 Å². The molecule has 18 heavy (non-hydrogen) atoms. The van der Waals surface area contributed by atoms with E-state index in [1.165, 1.54) is 7.11 Å². The molecule has 0 fully saturated rings. The number of ether oxygens (including phenoxy) is 1. The van der Waals surface area contributed by atoms with Gasteiger partial charge in [-0.15, -0.1) is 0 Å². The Bertz CT molecular complexity index is 418. The van der Waals surface area contributed by atoms with Gasteiger partial charge in [0.2, 0.25) is 5.78 Å². The number of rotatable bonds is 6. The Labute approximate surface area is 108 Å². The van der Waals surface area contributed by atoms with Gasteiger partial charge in [0.1, 0.15) is 5.69 Å². The zero-order chi connectivity index (χ0) is 13.9. The Balaban J connectivity index is 3.06. The van der Waals surface area contributed by atoms with Crippen LogP contribution < -0.4 is 10.5 Å². The molecule has 102 valence electrons. The number of carbonyl (C=O) groups is 1. The van der Waals surface area contributed by atoms with Gasteiger partial charge in [0, 0.05) is 6.54 Å². The smallest absolute Gasteiger partial charge is 0.203 e. The summed E-state index contributed by atoms with van der Waals surface area (Å²) in [5.41, 5.74) is 5.36. The summed E-state index contributed by atoms with van der Waals surface area (Å²) in [7, 11) is 5.46. The van der Waals surface area contributed by atoms with Crippen LogP contribution in [0, 0.1) is 0 Å². The summed E-state index contributed by atoms with van der Waals surface area (Å²) in [4.78, 5) is 14.3. The summed E-state index contributed by atoms with van der Waals surface area (Å²) in [5, 5.41) is 4.18. The topological polar surface area (TPSA) is 73.4 Å². The Hall–Kier alpha value is -1.40. The minimum Gasteiger partial charge on any atom is -0.493 e. The first-order chi connectivity index (χ1) is 8.27. The molecule has 0 spiro atoms. The van der Waals surface area contributed by atoms with E-state index in [0.717, 1.165) is 6.54 Å². The first kappa shape index (κ1) is 14.7. The maximum Gasteiger partial charge on any atom is 0.203 e. The molecule has 0 saturated heterocycles. The fourth-order valence-electron chi connectivity index (χ4n) is 1.52. The summed E-state index contributed by atoms with van der Waals surface area (Å²) < 4.78 is 6.82. The number of nitrogens with zero attached hydrogens (tertiary/aromatic N) is 3. The molecule has 0 aliphatic rings. The van der Waals surface area contributed by atoms with Crippen LogP contribution in [0.1, 0.15) is 24.3 Å². The van der Waals surface area contributed by atoms with E-state index in [-0.39, 0.29) is 5.78 Å². The fraction of sp³-hybridized carbons (Fsp3) is 0.667. The van der Waals surface area contributed by atoms with Gasteiger partial charge in [-0.3, -0.25) is 9.48 Å². The van der Waals surface area contributed by atoms with Crippen molar-refractivity contribution in [3.8, 4) is 5.75 Å². The van der Waals surface area contributed by atoms with Gasteiger partial charge in [-0.25, -0.2) is 0 Å². The van der Waals surface area contributed by atoms with Crippen molar-refractivity contribution < 1.29 is 9.53 Å². The van der Waals surface area contributed by atoms with Gasteiger partial charge in [0.15, 0.2) is 5.75 Å². The normalized spacial score (nSPS) is 11.9. The number of ketones is 1. The number of aromatic nitrogens is 2. The number of carbonyl (C=O) groups excluding carboxylic acids is 1. The van der Waals surface area contributed by atoms with Gasteiger partial charge >= 0.3 is 0 Å². The molecule has 0 radical (unpaired) electrons. The Kier molecular flexibility index (Phi) is 4.48. The summed E-state index contributed by atoms with van der Waals surface area (Å²) in [6.07, 6.45) is 1.55. The predicted molar refractivity (Wildman–Crippen MR) is 69.9 cm³/mol. The van der Waals surface area contributed by atoms with Crippen LogP contribution in [0.2, 0.25) is 0 Å². The van der Waals surface area contributed by atoms with E-state index in [0.29, 0.717) is 18.0 Å². The molecule has 0 aromatic carbocycles. The number of methoxy groups -OCH3 is 1. The van der Waals surface area contributed by atoms with Gasteiger partial charge in [0.05, 0.1) is 25.4 Å². The van der Waals surface area contributed by atoms with Crippen LogP contribution in [0.3, 0.4) is 0 Å². The third-order valence-electron chi connectivity index (χ3n) is 2.59. The van der Waals surface area contributed by atoms with Gasteiger partial charge in [0.25, 0.3) is 0 Å². The number of Topliss-reactive ketones (excluding diaryl/α,β-unsaturated/α-hetero) is 1. The standard InChI is InChI=1S/C12H22N4O2/c1-12(2,13)11(17)10-9(18-5)8-14-16(10)7-6-15(3)4/h8H,6-7,13H2,1-5H3. The summed E-state index contributed by atoms with van der Waals surface area (Å²) in [6.45, 7) is 4.76. The Morgan fingerprint density at radius 2 is 2.17 bits per heavy atom. The average molecular weight is 254 g/mol. The van der Waals surface area contributed by atoms with Crippen LogP contribution >= 0.6 is 0 Å². The highest BCUT2D eigenvalue weighted by molar-refractivity contribution is 6.03. The van der Waals surface area contributed by atoms with Crippen molar-refractivity contribution in [1.29, 1.82) is 0 Å². The van der Waals surface area contributed by atoms with E-state index < -0.39 is 5.54 Å². The zero-order valence-corrected chi connectivity index (χ0v) is 11.7. The lowest BCUT2D eigenvalue weighted by molar-refractivity contribution is 0.0898. The van der Waals surface area contributed by atoms with Crippen molar-refractivity contribution in [2.24, 2.45) is 5.73 Å². The molecule has 1 rings (SSSR count). The molecule has 1 heterocycles. The Morgan fingerprint density at radius 1 is 1.56 bits per heavy atom. The molecule has 0 atom stereocenters. The fourth-order valence-corrected chi connectivity index (χ4v) is 1.52. The second-order valence-corrected chi connectivity index (χ2v) is 5.14. The highest BCUT2D eigenvalue weighted by Crippen LogP contribution is 2.21. The zero-order valence-electron chi connectivity index (χ0n) is 11.7. The van der Waals surface area contributed by atoms with Crippen LogP contribution in [-0.2, 0) is 6.54 Å². The highest BCUT2D eigenvalue weighted by Gasteiger charge is 2.30. The first-order valence-corrected chi connectivity index (χ1v) is 5.85. The average Bonchev–Trinajstić information content (AvgIpc) is 2.66. The molecule has 0 amide bonds. The number of hydrogen-bond acceptors (Lipinski definition) is 5. The maximum absolute atomic E-state index is 12.3. The van der Waals surface area contributed by atoms with Gasteiger partial charge in [-0.05, 0) is 27.9 Å². The largest absolute Gasteiger partial charge is 0.493 e. The van der Waals surface area contributed by atoms with Crippen LogP contribution in [0.15, 0.2) is 6.20 Å². The highest BCUT2D eigenvalue weighted by atomic mass is 16.5. The van der Waals surface area contributed by atoms with E-state index in [4.69, 9.17) is 10.5 Å². The number of hydrogen-bond donors (Lipinski definition) is 1. The van der Waals surface area contributed by atoms with Crippen molar-refractivity contribution >= 4 is 5.78 Å². The SMILES string of the molecule is COc1cnn(CCN(C)C)c1C(=O)C(C)(C)N. The van der Waals surface area contributed by atoms with Gasteiger partial charge in [-0.1, -0.05) is 0 Å². The third-order valence-corrected chi connectivity index (χ3v) is 2.59. The van der Waals surface area contributed by atoms with E-state index >= 15 is 0 Å². The molecule has 0 aliphatic carbocycles. The van der Waals surface area contributed by atoms with Crippen LogP contribution in [-0.4, -0.2) is 53.8 Å².